The Morgan fingerprint density at radius 1 is 1.23 bits per heavy atom. The highest BCUT2D eigenvalue weighted by molar-refractivity contribution is 14.0. The van der Waals surface area contributed by atoms with Crippen LogP contribution in [-0.4, -0.2) is 64.3 Å². The maximum atomic E-state index is 12.9. The van der Waals surface area contributed by atoms with E-state index < -0.39 is 19.9 Å². The summed E-state index contributed by atoms with van der Waals surface area (Å²) in [6.45, 7) is 4.04. The van der Waals surface area contributed by atoms with E-state index in [9.17, 15) is 16.8 Å². The van der Waals surface area contributed by atoms with E-state index in [1.165, 1.54) is 0 Å². The molecule has 1 aromatic carbocycles. The number of sulfonamides is 1. The molecule has 170 valence electrons. The summed E-state index contributed by atoms with van der Waals surface area (Å²) in [5.74, 6) is 0.848. The normalized spacial score (nSPS) is 22.3. The monoisotopic (exact) mass is 570 g/mol. The zero-order valence-corrected chi connectivity index (χ0v) is 21.2. The fraction of sp³-hybridized carbons (Fsp3) is 0.632. The topological polar surface area (TPSA) is 108 Å². The lowest BCUT2D eigenvalue weighted by Crippen LogP contribution is -2.44. The van der Waals surface area contributed by atoms with E-state index in [2.05, 4.69) is 15.6 Å². The number of nitrogens with one attached hydrogen (secondary N) is 2. The van der Waals surface area contributed by atoms with Crippen molar-refractivity contribution in [1.29, 1.82) is 0 Å². The second kappa shape index (κ2) is 11.1. The van der Waals surface area contributed by atoms with Gasteiger partial charge in [0.2, 0.25) is 10.0 Å². The number of guanidine groups is 1. The summed E-state index contributed by atoms with van der Waals surface area (Å²) < 4.78 is 50.6. The number of benzene rings is 1. The third kappa shape index (κ3) is 6.79. The molecule has 0 radical (unpaired) electrons. The van der Waals surface area contributed by atoms with Gasteiger partial charge >= 0.3 is 0 Å². The third-order valence-electron chi connectivity index (χ3n) is 5.19. The molecule has 2 N–H and O–H groups in total. The van der Waals surface area contributed by atoms with Crippen LogP contribution in [0, 0.1) is 0 Å². The fourth-order valence-corrected chi connectivity index (χ4v) is 6.91. The smallest absolute Gasteiger partial charge is 0.243 e. The van der Waals surface area contributed by atoms with Crippen molar-refractivity contribution in [3.8, 4) is 0 Å². The molecular weight excluding hydrogens is 539 g/mol. The molecule has 3 rings (SSSR count). The molecule has 2 aliphatic heterocycles. The zero-order chi connectivity index (χ0) is 20.9. The molecule has 0 spiro atoms. The van der Waals surface area contributed by atoms with E-state index in [1.807, 2.05) is 13.0 Å². The number of nitrogens with zero attached hydrogens (tertiary/aromatic N) is 2. The van der Waals surface area contributed by atoms with Crippen LogP contribution >= 0.6 is 24.0 Å². The molecule has 0 amide bonds. The molecule has 2 heterocycles. The van der Waals surface area contributed by atoms with E-state index in [0.717, 1.165) is 24.8 Å². The molecule has 0 aromatic heterocycles. The predicted molar refractivity (Wildman–Crippen MR) is 129 cm³/mol. The van der Waals surface area contributed by atoms with Crippen molar-refractivity contribution < 1.29 is 16.8 Å². The lowest BCUT2D eigenvalue weighted by Gasteiger charge is -2.26. The van der Waals surface area contributed by atoms with Crippen molar-refractivity contribution in [2.75, 3.05) is 31.1 Å². The van der Waals surface area contributed by atoms with Crippen LogP contribution < -0.4 is 10.6 Å². The Bertz CT molecular complexity index is 945. The van der Waals surface area contributed by atoms with E-state index in [-0.39, 0.29) is 41.5 Å². The summed E-state index contributed by atoms with van der Waals surface area (Å²) in [6.07, 6.45) is 3.44. The van der Waals surface area contributed by atoms with Gasteiger partial charge in [0.25, 0.3) is 0 Å². The predicted octanol–water partition coefficient (Wildman–Crippen LogP) is 1.72. The highest BCUT2D eigenvalue weighted by Crippen LogP contribution is 2.21. The minimum Gasteiger partial charge on any atom is -0.357 e. The van der Waals surface area contributed by atoms with Crippen molar-refractivity contribution >= 4 is 49.8 Å². The van der Waals surface area contributed by atoms with Gasteiger partial charge in [0, 0.05) is 25.7 Å². The summed E-state index contributed by atoms with van der Waals surface area (Å²) >= 11 is 0. The summed E-state index contributed by atoms with van der Waals surface area (Å²) in [4.78, 5) is 4.82. The van der Waals surface area contributed by atoms with Crippen LogP contribution in [0.1, 0.15) is 38.2 Å². The third-order valence-corrected chi connectivity index (χ3v) is 8.85. The maximum Gasteiger partial charge on any atom is 0.243 e. The van der Waals surface area contributed by atoms with Gasteiger partial charge in [-0.3, -0.25) is 0 Å². The van der Waals surface area contributed by atoms with Crippen molar-refractivity contribution in [2.24, 2.45) is 4.99 Å². The highest BCUT2D eigenvalue weighted by atomic mass is 127. The van der Waals surface area contributed by atoms with Crippen molar-refractivity contribution in [3.05, 3.63) is 29.8 Å². The maximum absolute atomic E-state index is 12.9. The highest BCUT2D eigenvalue weighted by Gasteiger charge is 2.28. The van der Waals surface area contributed by atoms with Crippen LogP contribution in [0.25, 0.3) is 0 Å². The first-order chi connectivity index (χ1) is 13.8. The van der Waals surface area contributed by atoms with Gasteiger partial charge in [-0.25, -0.2) is 21.8 Å². The summed E-state index contributed by atoms with van der Waals surface area (Å²) in [7, 11) is -6.45. The number of piperidine rings is 1. The molecule has 2 saturated heterocycles. The van der Waals surface area contributed by atoms with Crippen LogP contribution in [0.4, 0.5) is 0 Å². The van der Waals surface area contributed by atoms with Crippen molar-refractivity contribution in [3.63, 3.8) is 0 Å². The Kier molecular flexibility index (Phi) is 9.37. The lowest BCUT2D eigenvalue weighted by molar-refractivity contribution is 0.346. The number of hydrogen-bond acceptors (Lipinski definition) is 5. The van der Waals surface area contributed by atoms with Crippen molar-refractivity contribution in [2.45, 2.75) is 50.1 Å². The van der Waals surface area contributed by atoms with Crippen LogP contribution in [-0.2, 0) is 26.4 Å². The fourth-order valence-electron chi connectivity index (χ4n) is 3.65. The Morgan fingerprint density at radius 2 is 1.97 bits per heavy atom. The Balaban J connectivity index is 0.00000320. The molecule has 11 heteroatoms. The Hall–Kier alpha value is -0.920. The van der Waals surface area contributed by atoms with Gasteiger partial charge < -0.3 is 10.6 Å². The van der Waals surface area contributed by atoms with Crippen LogP contribution in [0.3, 0.4) is 0 Å². The standard InChI is InChI=1S/C19H30N4O4S2.HI/c1-2-20-19(22-17-9-12-28(24,25)15-17)21-14-16-7-6-8-18(13-16)29(26,27)23-10-4-3-5-11-23;/h6-8,13,17H,2-5,9-12,14-15H2,1H3,(H2,20,21,22);1H. The second-order valence-corrected chi connectivity index (χ2v) is 11.7. The Morgan fingerprint density at radius 3 is 2.60 bits per heavy atom. The molecule has 0 bridgehead atoms. The number of aliphatic imine (C=N–C) groups is 1. The first kappa shape index (κ1) is 25.3. The van der Waals surface area contributed by atoms with Gasteiger partial charge in [-0.05, 0) is 43.9 Å². The van der Waals surface area contributed by atoms with Crippen molar-refractivity contribution in [1.82, 2.24) is 14.9 Å². The molecule has 2 fully saturated rings. The lowest BCUT2D eigenvalue weighted by atomic mass is 10.2. The first-order valence-corrected chi connectivity index (χ1v) is 13.4. The van der Waals surface area contributed by atoms with Crippen LogP contribution in [0.15, 0.2) is 34.2 Å². The van der Waals surface area contributed by atoms with Gasteiger partial charge in [-0.2, -0.15) is 4.31 Å². The van der Waals surface area contributed by atoms with E-state index in [1.54, 1.807) is 22.5 Å². The molecule has 2 aliphatic rings. The minimum atomic E-state index is -3.48. The van der Waals surface area contributed by atoms with Gasteiger partial charge in [0.15, 0.2) is 15.8 Å². The van der Waals surface area contributed by atoms with Crippen LogP contribution in [0.2, 0.25) is 0 Å². The molecule has 0 aliphatic carbocycles. The second-order valence-electron chi connectivity index (χ2n) is 7.55. The SMILES string of the molecule is CCNC(=NCc1cccc(S(=O)(=O)N2CCCCC2)c1)NC1CCS(=O)(=O)C1.I. The summed E-state index contributed by atoms with van der Waals surface area (Å²) in [5, 5.41) is 6.29. The number of rotatable bonds is 6. The van der Waals surface area contributed by atoms with E-state index >= 15 is 0 Å². The number of hydrogen-bond donors (Lipinski definition) is 2. The number of sulfone groups is 1. The van der Waals surface area contributed by atoms with Gasteiger partial charge in [-0.15, -0.1) is 24.0 Å². The van der Waals surface area contributed by atoms with E-state index in [0.29, 0.717) is 43.5 Å². The quantitative estimate of drug-likeness (QED) is 0.307. The summed E-state index contributed by atoms with van der Waals surface area (Å²) in [6, 6.07) is 6.75. The Labute approximate surface area is 196 Å². The average molecular weight is 571 g/mol. The van der Waals surface area contributed by atoms with Crippen LogP contribution in [0.5, 0.6) is 0 Å². The van der Waals surface area contributed by atoms with E-state index in [4.69, 9.17) is 0 Å². The zero-order valence-electron chi connectivity index (χ0n) is 17.2. The summed E-state index contributed by atoms with van der Waals surface area (Å²) in [5.41, 5.74) is 0.791. The molecule has 1 atom stereocenters. The molecule has 30 heavy (non-hydrogen) atoms. The largest absolute Gasteiger partial charge is 0.357 e. The molecule has 1 unspecified atom stereocenters. The minimum absolute atomic E-state index is 0. The average Bonchev–Trinajstić information content (AvgIpc) is 3.05. The van der Waals surface area contributed by atoms with Gasteiger partial charge in [0.05, 0.1) is 22.9 Å². The molecule has 8 nitrogen and oxygen atoms in total. The number of halogens is 1. The molecule has 1 aromatic rings. The molecular formula is C19H31IN4O4S2. The van der Waals surface area contributed by atoms with Gasteiger partial charge in [-0.1, -0.05) is 18.6 Å². The molecule has 0 saturated carbocycles. The van der Waals surface area contributed by atoms with Gasteiger partial charge in [0.1, 0.15) is 0 Å². The first-order valence-electron chi connectivity index (χ1n) is 10.1.